The molecule has 3 rings (SSSR count). The summed E-state index contributed by atoms with van der Waals surface area (Å²) in [5.41, 5.74) is 1.64. The van der Waals surface area contributed by atoms with Gasteiger partial charge in [0, 0.05) is 54.1 Å². The summed E-state index contributed by atoms with van der Waals surface area (Å²) in [6.07, 6.45) is 1.61. The fourth-order valence-corrected chi connectivity index (χ4v) is 3.84. The van der Waals surface area contributed by atoms with Crippen LogP contribution in [0.4, 0.5) is 5.69 Å². The van der Waals surface area contributed by atoms with E-state index in [0.717, 1.165) is 33.9 Å². The lowest BCUT2D eigenvalue weighted by molar-refractivity contribution is -0.116. The van der Waals surface area contributed by atoms with Gasteiger partial charge < -0.3 is 9.64 Å². The predicted octanol–water partition coefficient (Wildman–Crippen LogP) is 4.43. The molecule has 0 N–H and O–H groups in total. The zero-order valence-electron chi connectivity index (χ0n) is 15.1. The van der Waals surface area contributed by atoms with Crippen LogP contribution in [0, 0.1) is 5.92 Å². The second kappa shape index (κ2) is 8.52. The largest absolute Gasteiger partial charge is 0.381 e. The summed E-state index contributed by atoms with van der Waals surface area (Å²) in [6, 6.07) is 15.7. The average Bonchev–Trinajstić information content (AvgIpc) is 2.68. The van der Waals surface area contributed by atoms with E-state index in [2.05, 4.69) is 0 Å². The van der Waals surface area contributed by atoms with Crippen LogP contribution in [-0.2, 0) is 9.53 Å². The monoisotopic (exact) mass is 369 g/mol. The summed E-state index contributed by atoms with van der Waals surface area (Å²) in [4.78, 5) is 27.8. The lowest BCUT2D eigenvalue weighted by atomic mass is 9.91. The van der Waals surface area contributed by atoms with E-state index in [1.54, 1.807) is 30.6 Å². The average molecular weight is 369 g/mol. The first-order valence-electron chi connectivity index (χ1n) is 8.79. The topological polar surface area (TPSA) is 46.6 Å². The van der Waals surface area contributed by atoms with Crippen molar-refractivity contribution < 1.29 is 14.3 Å². The maximum Gasteiger partial charge on any atom is 0.223 e. The highest BCUT2D eigenvalue weighted by atomic mass is 32.2. The fraction of sp³-hybridized carbons (Fsp3) is 0.333. The van der Waals surface area contributed by atoms with Crippen LogP contribution in [0.1, 0.15) is 30.1 Å². The van der Waals surface area contributed by atoms with E-state index in [-0.39, 0.29) is 17.6 Å². The Balaban J connectivity index is 1.70. The van der Waals surface area contributed by atoms with Gasteiger partial charge in [0.2, 0.25) is 5.91 Å². The van der Waals surface area contributed by atoms with E-state index in [9.17, 15) is 9.59 Å². The van der Waals surface area contributed by atoms with Gasteiger partial charge in [-0.1, -0.05) is 23.9 Å². The van der Waals surface area contributed by atoms with Crippen LogP contribution >= 0.6 is 11.8 Å². The van der Waals surface area contributed by atoms with Crippen molar-refractivity contribution in [1.29, 1.82) is 0 Å². The molecule has 1 aliphatic heterocycles. The van der Waals surface area contributed by atoms with Crippen LogP contribution in [0.25, 0.3) is 0 Å². The van der Waals surface area contributed by atoms with E-state index in [0.29, 0.717) is 13.2 Å². The Morgan fingerprint density at radius 3 is 2.38 bits per heavy atom. The molecule has 4 nitrogen and oxygen atoms in total. The van der Waals surface area contributed by atoms with Crippen LogP contribution < -0.4 is 4.90 Å². The number of amides is 1. The molecule has 1 amide bonds. The molecule has 0 radical (unpaired) electrons. The minimum atomic E-state index is 0.00438. The minimum Gasteiger partial charge on any atom is -0.381 e. The maximum absolute atomic E-state index is 12.7. The number of hydrogen-bond donors (Lipinski definition) is 0. The number of rotatable bonds is 5. The molecule has 1 heterocycles. The molecule has 2 aromatic rings. The van der Waals surface area contributed by atoms with Crippen LogP contribution in [0.5, 0.6) is 0 Å². The lowest BCUT2D eigenvalue weighted by Crippen LogP contribution is -2.23. The van der Waals surface area contributed by atoms with Crippen LogP contribution in [0.3, 0.4) is 0 Å². The van der Waals surface area contributed by atoms with Gasteiger partial charge in [0.15, 0.2) is 5.78 Å². The van der Waals surface area contributed by atoms with Gasteiger partial charge in [-0.15, -0.1) is 0 Å². The molecule has 1 saturated heterocycles. The number of ketones is 1. The standard InChI is InChI=1S/C21H23NO3S/c1-15(23)22(2)18-6-8-19(9-7-18)26-20-5-3-4-17(14-20)21(24)16-10-12-25-13-11-16/h3-9,14,16H,10-13H2,1-2H3. The van der Waals surface area contributed by atoms with Crippen molar-refractivity contribution in [2.45, 2.75) is 29.6 Å². The molecular weight excluding hydrogens is 346 g/mol. The van der Waals surface area contributed by atoms with Gasteiger partial charge in [-0.2, -0.15) is 0 Å². The first-order valence-corrected chi connectivity index (χ1v) is 9.60. The summed E-state index contributed by atoms with van der Waals surface area (Å²) in [6.45, 7) is 2.89. The Morgan fingerprint density at radius 1 is 1.04 bits per heavy atom. The van der Waals surface area contributed by atoms with Gasteiger partial charge in [-0.25, -0.2) is 0 Å². The summed E-state index contributed by atoms with van der Waals surface area (Å²) in [7, 11) is 1.76. The zero-order chi connectivity index (χ0) is 18.5. The fourth-order valence-electron chi connectivity index (χ4n) is 2.96. The molecule has 0 atom stereocenters. The van der Waals surface area contributed by atoms with Crippen molar-refractivity contribution in [2.24, 2.45) is 5.92 Å². The Bertz CT molecular complexity index is 782. The number of anilines is 1. The third-order valence-corrected chi connectivity index (χ3v) is 5.64. The highest BCUT2D eigenvalue weighted by molar-refractivity contribution is 7.99. The third-order valence-electron chi connectivity index (χ3n) is 4.64. The molecule has 0 bridgehead atoms. The maximum atomic E-state index is 12.7. The van der Waals surface area contributed by atoms with E-state index in [1.165, 1.54) is 0 Å². The third kappa shape index (κ3) is 4.54. The second-order valence-electron chi connectivity index (χ2n) is 6.45. The molecule has 0 saturated carbocycles. The highest BCUT2D eigenvalue weighted by Gasteiger charge is 2.22. The van der Waals surface area contributed by atoms with Crippen molar-refractivity contribution in [2.75, 3.05) is 25.2 Å². The number of carbonyl (C=O) groups is 2. The molecule has 0 spiro atoms. The summed E-state index contributed by atoms with van der Waals surface area (Å²) >= 11 is 1.61. The number of benzene rings is 2. The van der Waals surface area contributed by atoms with E-state index in [1.807, 2.05) is 48.5 Å². The van der Waals surface area contributed by atoms with Gasteiger partial charge in [-0.05, 0) is 49.2 Å². The van der Waals surface area contributed by atoms with Gasteiger partial charge in [0.25, 0.3) is 0 Å². The van der Waals surface area contributed by atoms with Gasteiger partial charge in [0.05, 0.1) is 0 Å². The van der Waals surface area contributed by atoms with E-state index < -0.39 is 0 Å². The molecule has 1 fully saturated rings. The molecule has 26 heavy (non-hydrogen) atoms. The Labute approximate surface area is 158 Å². The molecule has 0 aromatic heterocycles. The van der Waals surface area contributed by atoms with Crippen molar-refractivity contribution in [1.82, 2.24) is 0 Å². The molecule has 5 heteroatoms. The number of hydrogen-bond acceptors (Lipinski definition) is 4. The van der Waals surface area contributed by atoms with Crippen molar-refractivity contribution in [3.63, 3.8) is 0 Å². The SMILES string of the molecule is CC(=O)N(C)c1ccc(Sc2cccc(C(=O)C3CCOCC3)c2)cc1. The molecule has 136 valence electrons. The molecule has 0 unspecified atom stereocenters. The van der Waals surface area contributed by atoms with Crippen LogP contribution in [-0.4, -0.2) is 32.0 Å². The summed E-state index contributed by atoms with van der Waals surface area (Å²) < 4.78 is 5.35. The molecule has 2 aromatic carbocycles. The smallest absolute Gasteiger partial charge is 0.223 e. The van der Waals surface area contributed by atoms with Crippen molar-refractivity contribution in [3.05, 3.63) is 54.1 Å². The summed E-state index contributed by atoms with van der Waals surface area (Å²) in [5, 5.41) is 0. The number of nitrogens with zero attached hydrogens (tertiary/aromatic N) is 1. The molecule has 1 aliphatic rings. The first-order chi connectivity index (χ1) is 12.5. The normalized spacial score (nSPS) is 14.8. The Hall–Kier alpha value is -2.11. The minimum absolute atomic E-state index is 0.00438. The number of Topliss-reactive ketones (excluding diaryl/α,β-unsaturated/α-hetero) is 1. The number of ether oxygens (including phenoxy) is 1. The predicted molar refractivity (Wildman–Crippen MR) is 104 cm³/mol. The van der Waals surface area contributed by atoms with Gasteiger partial charge in [0.1, 0.15) is 0 Å². The van der Waals surface area contributed by atoms with Gasteiger partial charge in [-0.3, -0.25) is 9.59 Å². The lowest BCUT2D eigenvalue weighted by Gasteiger charge is -2.21. The quantitative estimate of drug-likeness (QED) is 0.732. The molecular formula is C21H23NO3S. The van der Waals surface area contributed by atoms with E-state index in [4.69, 9.17) is 4.74 Å². The Morgan fingerprint density at radius 2 is 1.73 bits per heavy atom. The number of carbonyl (C=O) groups excluding carboxylic acids is 2. The van der Waals surface area contributed by atoms with Crippen molar-refractivity contribution in [3.8, 4) is 0 Å². The summed E-state index contributed by atoms with van der Waals surface area (Å²) in [5.74, 6) is 0.296. The Kier molecular flexibility index (Phi) is 6.12. The highest BCUT2D eigenvalue weighted by Crippen LogP contribution is 2.30. The second-order valence-corrected chi connectivity index (χ2v) is 7.60. The molecule has 0 aliphatic carbocycles. The van der Waals surface area contributed by atoms with Crippen LogP contribution in [0.15, 0.2) is 58.3 Å². The van der Waals surface area contributed by atoms with Crippen LogP contribution in [0.2, 0.25) is 0 Å². The van der Waals surface area contributed by atoms with Crippen molar-refractivity contribution >= 4 is 29.1 Å². The van der Waals surface area contributed by atoms with Gasteiger partial charge >= 0.3 is 0 Å². The zero-order valence-corrected chi connectivity index (χ0v) is 15.9. The van der Waals surface area contributed by atoms with E-state index >= 15 is 0 Å². The first kappa shape index (κ1) is 18.7.